The van der Waals surface area contributed by atoms with E-state index in [9.17, 15) is 9.59 Å². The lowest BCUT2D eigenvalue weighted by Crippen LogP contribution is -2.22. The van der Waals surface area contributed by atoms with E-state index >= 15 is 0 Å². The van der Waals surface area contributed by atoms with Crippen LogP contribution in [-0.4, -0.2) is 17.8 Å². The molecule has 1 aromatic rings. The molecule has 0 aliphatic heterocycles. The van der Waals surface area contributed by atoms with Crippen LogP contribution in [0.3, 0.4) is 0 Å². The number of amides is 1. The molecule has 0 aliphatic carbocycles. The molecule has 0 unspecified atom stereocenters. The van der Waals surface area contributed by atoms with Crippen molar-refractivity contribution in [3.63, 3.8) is 0 Å². The molecule has 1 N–H and O–H groups in total. The van der Waals surface area contributed by atoms with Crippen molar-refractivity contribution < 1.29 is 12.7 Å². The third-order valence-electron chi connectivity index (χ3n) is 1.87. The van der Waals surface area contributed by atoms with Crippen molar-refractivity contribution in [3.05, 3.63) is 30.3 Å². The average Bonchev–Trinajstić information content (AvgIpc) is 2.35. The Bertz CT molecular complexity index is 372. The molecular formula is C11H12INO3S. The van der Waals surface area contributed by atoms with Gasteiger partial charge in [0, 0.05) is 17.9 Å². The Morgan fingerprint density at radius 1 is 1.29 bits per heavy atom. The van der Waals surface area contributed by atoms with Crippen LogP contribution in [0.25, 0.3) is 0 Å². The lowest BCUT2D eigenvalue weighted by molar-refractivity contribution is -0.111. The maximum absolute atomic E-state index is 11.5. The Morgan fingerprint density at radius 3 is 2.65 bits per heavy atom. The Morgan fingerprint density at radius 2 is 2.00 bits per heavy atom. The van der Waals surface area contributed by atoms with Gasteiger partial charge in [-0.15, -0.1) is 0 Å². The van der Waals surface area contributed by atoms with Crippen molar-refractivity contribution in [3.8, 4) is 0 Å². The first kappa shape index (κ1) is 14.3. The van der Waals surface area contributed by atoms with Crippen molar-refractivity contribution in [1.82, 2.24) is 5.32 Å². The third kappa shape index (κ3) is 6.52. The molecule has 17 heavy (non-hydrogen) atoms. The summed E-state index contributed by atoms with van der Waals surface area (Å²) in [7, 11) is 0. The zero-order chi connectivity index (χ0) is 12.5. The van der Waals surface area contributed by atoms with Crippen molar-refractivity contribution in [2.45, 2.75) is 17.7 Å². The molecular weight excluding hydrogens is 353 g/mol. The molecule has 0 saturated heterocycles. The normalized spacial score (nSPS) is 9.71. The maximum Gasteiger partial charge on any atom is 0.416 e. The Hall–Kier alpha value is -0.760. The van der Waals surface area contributed by atoms with E-state index in [0.29, 0.717) is 19.4 Å². The Kier molecular flexibility index (Phi) is 7.02. The van der Waals surface area contributed by atoms with Crippen molar-refractivity contribution >= 4 is 46.0 Å². The predicted molar refractivity (Wildman–Crippen MR) is 75.0 cm³/mol. The van der Waals surface area contributed by atoms with E-state index in [1.54, 1.807) is 0 Å². The summed E-state index contributed by atoms with van der Waals surface area (Å²) in [5.41, 5.74) is 0. The fourth-order valence-corrected chi connectivity index (χ4v) is 2.08. The molecule has 4 nitrogen and oxygen atoms in total. The van der Waals surface area contributed by atoms with E-state index in [1.165, 1.54) is 34.8 Å². The van der Waals surface area contributed by atoms with Crippen LogP contribution >= 0.6 is 34.8 Å². The first-order valence-electron chi connectivity index (χ1n) is 5.04. The van der Waals surface area contributed by atoms with Gasteiger partial charge in [0.05, 0.1) is 0 Å². The van der Waals surface area contributed by atoms with Gasteiger partial charge in [-0.1, -0.05) is 30.0 Å². The maximum atomic E-state index is 11.5. The van der Waals surface area contributed by atoms with Gasteiger partial charge >= 0.3 is 6.09 Å². The number of rotatable bonds is 5. The standard InChI is InChI=1S/C11H12INO3S/c12-16-11(15)13-8-4-7-10(14)17-9-5-2-1-3-6-9/h1-3,5-6H,4,7-8H2,(H,13,15). The molecule has 0 fully saturated rings. The minimum absolute atomic E-state index is 0.0980. The van der Waals surface area contributed by atoms with Crippen LogP contribution in [0, 0.1) is 0 Å². The predicted octanol–water partition coefficient (Wildman–Crippen LogP) is 3.16. The van der Waals surface area contributed by atoms with Crippen LogP contribution in [0.4, 0.5) is 4.79 Å². The number of carbonyl (C=O) groups is 2. The Balaban J connectivity index is 2.16. The summed E-state index contributed by atoms with van der Waals surface area (Å²) >= 11 is 2.73. The summed E-state index contributed by atoms with van der Waals surface area (Å²) < 4.78 is 4.38. The molecule has 0 saturated carbocycles. The molecule has 1 rings (SSSR count). The molecule has 1 amide bonds. The van der Waals surface area contributed by atoms with Gasteiger partial charge in [-0.05, 0) is 18.6 Å². The topological polar surface area (TPSA) is 55.4 Å². The second kappa shape index (κ2) is 8.35. The van der Waals surface area contributed by atoms with Gasteiger partial charge in [-0.2, -0.15) is 0 Å². The third-order valence-corrected chi connectivity index (χ3v) is 3.21. The summed E-state index contributed by atoms with van der Waals surface area (Å²) in [6, 6.07) is 9.50. The highest BCUT2D eigenvalue weighted by atomic mass is 127. The van der Waals surface area contributed by atoms with E-state index in [0.717, 1.165) is 4.90 Å². The summed E-state index contributed by atoms with van der Waals surface area (Å²) in [5, 5.41) is 2.62. The van der Waals surface area contributed by atoms with Crippen LogP contribution < -0.4 is 5.32 Å². The van der Waals surface area contributed by atoms with Crippen molar-refractivity contribution in [2.75, 3.05) is 6.54 Å². The number of hydrogen-bond acceptors (Lipinski definition) is 4. The number of carbonyl (C=O) groups excluding carboxylic acids is 2. The van der Waals surface area contributed by atoms with E-state index in [1.807, 2.05) is 30.3 Å². The number of thioether (sulfide) groups is 1. The van der Waals surface area contributed by atoms with Gasteiger partial charge in [-0.3, -0.25) is 4.79 Å². The molecule has 0 bridgehead atoms. The monoisotopic (exact) mass is 365 g/mol. The first-order valence-corrected chi connectivity index (χ1v) is 6.74. The number of halogens is 1. The minimum Gasteiger partial charge on any atom is -0.378 e. The van der Waals surface area contributed by atoms with E-state index in [4.69, 9.17) is 0 Å². The number of benzene rings is 1. The zero-order valence-corrected chi connectivity index (χ0v) is 12.0. The van der Waals surface area contributed by atoms with Gasteiger partial charge in [0.1, 0.15) is 0 Å². The van der Waals surface area contributed by atoms with Crippen molar-refractivity contribution in [2.24, 2.45) is 0 Å². The van der Waals surface area contributed by atoms with E-state index < -0.39 is 6.09 Å². The van der Waals surface area contributed by atoms with Crippen LogP contribution in [0.2, 0.25) is 0 Å². The highest BCUT2D eigenvalue weighted by molar-refractivity contribution is 14.1. The molecule has 0 heterocycles. The van der Waals surface area contributed by atoms with E-state index in [-0.39, 0.29) is 5.12 Å². The van der Waals surface area contributed by atoms with Gasteiger partial charge in [0.2, 0.25) is 0 Å². The first-order chi connectivity index (χ1) is 8.22. The summed E-state index contributed by atoms with van der Waals surface area (Å²) in [5.74, 6) is 0. The molecule has 0 aliphatic rings. The summed E-state index contributed by atoms with van der Waals surface area (Å²) in [6.45, 7) is 0.447. The zero-order valence-electron chi connectivity index (χ0n) is 9.02. The van der Waals surface area contributed by atoms with Crippen LogP contribution in [-0.2, 0) is 7.86 Å². The quantitative estimate of drug-likeness (QED) is 0.495. The summed E-state index contributed by atoms with van der Waals surface area (Å²) in [6.07, 6.45) is 0.569. The fourth-order valence-electron chi connectivity index (χ4n) is 1.12. The molecule has 0 atom stereocenters. The molecule has 6 heteroatoms. The van der Waals surface area contributed by atoms with Crippen LogP contribution in [0.1, 0.15) is 12.8 Å². The highest BCUT2D eigenvalue weighted by Crippen LogP contribution is 2.19. The largest absolute Gasteiger partial charge is 0.416 e. The smallest absolute Gasteiger partial charge is 0.378 e. The number of hydrogen-bond donors (Lipinski definition) is 1. The SMILES string of the molecule is O=C(NCCCC(=O)Sc1ccccc1)OI. The molecule has 92 valence electrons. The lowest BCUT2D eigenvalue weighted by Gasteiger charge is -2.02. The second-order valence-electron chi connectivity index (χ2n) is 3.18. The summed E-state index contributed by atoms with van der Waals surface area (Å²) in [4.78, 5) is 23.2. The molecule has 0 radical (unpaired) electrons. The van der Waals surface area contributed by atoms with Crippen LogP contribution in [0.5, 0.6) is 0 Å². The molecule has 1 aromatic carbocycles. The van der Waals surface area contributed by atoms with Crippen LogP contribution in [0.15, 0.2) is 35.2 Å². The van der Waals surface area contributed by atoms with Gasteiger partial charge in [0.25, 0.3) is 0 Å². The van der Waals surface area contributed by atoms with Crippen molar-refractivity contribution in [1.29, 1.82) is 0 Å². The fraction of sp³-hybridized carbons (Fsp3) is 0.273. The lowest BCUT2D eigenvalue weighted by atomic mass is 10.3. The Labute approximate surface area is 118 Å². The van der Waals surface area contributed by atoms with Gasteiger partial charge < -0.3 is 8.38 Å². The number of nitrogens with one attached hydrogen (secondary N) is 1. The second-order valence-corrected chi connectivity index (χ2v) is 4.75. The highest BCUT2D eigenvalue weighted by Gasteiger charge is 2.05. The minimum atomic E-state index is -0.478. The van der Waals surface area contributed by atoms with E-state index in [2.05, 4.69) is 8.38 Å². The molecule has 0 spiro atoms. The van der Waals surface area contributed by atoms with Gasteiger partial charge in [-0.25, -0.2) is 4.79 Å². The van der Waals surface area contributed by atoms with Gasteiger partial charge in [0.15, 0.2) is 28.1 Å². The average molecular weight is 365 g/mol. The molecule has 0 aromatic heterocycles.